The van der Waals surface area contributed by atoms with E-state index in [0.29, 0.717) is 18.4 Å². The van der Waals surface area contributed by atoms with Gasteiger partial charge in [0.25, 0.3) is 0 Å². The predicted molar refractivity (Wildman–Crippen MR) is 119 cm³/mol. The number of benzene rings is 1. The molecule has 1 amide bonds. The van der Waals surface area contributed by atoms with E-state index < -0.39 is 0 Å². The van der Waals surface area contributed by atoms with Gasteiger partial charge in [-0.3, -0.25) is 4.79 Å². The number of fused-ring (bicyclic) bond motifs is 3. The third-order valence-electron chi connectivity index (χ3n) is 8.30. The van der Waals surface area contributed by atoms with Gasteiger partial charge in [0.2, 0.25) is 5.91 Å². The summed E-state index contributed by atoms with van der Waals surface area (Å²) in [6.07, 6.45) is 9.72. The number of carbonyl (C=O) groups excluding carboxylic acids is 1. The van der Waals surface area contributed by atoms with Gasteiger partial charge in [0.15, 0.2) is 0 Å². The number of hydrogen-bond donors (Lipinski definition) is 2. The lowest BCUT2D eigenvalue weighted by Crippen LogP contribution is -2.55. The second-order valence-corrected chi connectivity index (χ2v) is 9.77. The number of carbonyl (C=O) groups is 1. The number of rotatable bonds is 9. The van der Waals surface area contributed by atoms with Crippen molar-refractivity contribution in [2.24, 2.45) is 11.1 Å². The van der Waals surface area contributed by atoms with Crippen LogP contribution in [-0.2, 0) is 14.9 Å². The molecular weight excluding hydrogens is 395 g/mol. The van der Waals surface area contributed by atoms with E-state index in [1.54, 1.807) is 7.11 Å². The molecule has 6 heteroatoms. The van der Waals surface area contributed by atoms with Crippen molar-refractivity contribution in [3.63, 3.8) is 0 Å². The summed E-state index contributed by atoms with van der Waals surface area (Å²) in [6, 6.07) is 8.19. The largest absolute Gasteiger partial charge is 0.489 e. The normalized spacial score (nSPS) is 29.3. The van der Waals surface area contributed by atoms with Crippen molar-refractivity contribution in [1.29, 1.82) is 0 Å². The standard InChI is InChI=1S/C25H35FN2O3/c1-30-25(7-2-8-25)18-28-22(29)24-12-9-23(10-13-24,11-14-24)20-3-5-21(6-4-20)31-17-19(15-26)16-27/h3-6,15H,2,7-14,16-18,27H2,1H3,(H,28,29). The van der Waals surface area contributed by atoms with Crippen LogP contribution in [0, 0.1) is 5.41 Å². The molecule has 3 N–H and O–H groups in total. The van der Waals surface area contributed by atoms with Gasteiger partial charge >= 0.3 is 0 Å². The zero-order valence-corrected chi connectivity index (χ0v) is 18.6. The first kappa shape index (κ1) is 22.3. The summed E-state index contributed by atoms with van der Waals surface area (Å²) in [4.78, 5) is 13.1. The summed E-state index contributed by atoms with van der Waals surface area (Å²) in [5, 5.41) is 3.23. The summed E-state index contributed by atoms with van der Waals surface area (Å²) in [5.74, 6) is 0.945. The van der Waals surface area contributed by atoms with Crippen molar-refractivity contribution in [2.45, 2.75) is 68.8 Å². The maximum Gasteiger partial charge on any atom is 0.226 e. The Balaban J connectivity index is 1.34. The maximum atomic E-state index is 13.1. The molecule has 0 saturated heterocycles. The summed E-state index contributed by atoms with van der Waals surface area (Å²) in [7, 11) is 1.75. The van der Waals surface area contributed by atoms with Gasteiger partial charge in [-0.25, -0.2) is 4.39 Å². The lowest BCUT2D eigenvalue weighted by atomic mass is 9.51. The number of nitrogens with two attached hydrogens (primary N) is 1. The number of methoxy groups -OCH3 is 1. The van der Waals surface area contributed by atoms with E-state index in [1.807, 2.05) is 12.1 Å². The Kier molecular flexibility index (Phi) is 6.40. The maximum absolute atomic E-state index is 13.1. The van der Waals surface area contributed by atoms with Crippen molar-refractivity contribution >= 4 is 5.91 Å². The highest BCUT2D eigenvalue weighted by Gasteiger charge is 2.53. The Morgan fingerprint density at radius 1 is 1.10 bits per heavy atom. The molecule has 4 aliphatic carbocycles. The molecule has 0 spiro atoms. The molecule has 0 unspecified atom stereocenters. The van der Waals surface area contributed by atoms with Gasteiger partial charge in [0.05, 0.1) is 11.9 Å². The van der Waals surface area contributed by atoms with Crippen molar-refractivity contribution in [3.8, 4) is 5.75 Å². The first-order chi connectivity index (χ1) is 15.0. The highest BCUT2D eigenvalue weighted by Crippen LogP contribution is 2.58. The third-order valence-corrected chi connectivity index (χ3v) is 8.30. The first-order valence-electron chi connectivity index (χ1n) is 11.5. The SMILES string of the molecule is COC1(CNC(=O)C23CCC(c4ccc(OCC(=CF)CN)cc4)(CC2)CC3)CCC1. The number of halogens is 1. The van der Waals surface area contributed by atoms with E-state index in [4.69, 9.17) is 15.2 Å². The van der Waals surface area contributed by atoms with E-state index in [2.05, 4.69) is 17.4 Å². The molecule has 5 rings (SSSR count). The van der Waals surface area contributed by atoms with Crippen LogP contribution < -0.4 is 15.8 Å². The van der Waals surface area contributed by atoms with Crippen LogP contribution in [0.4, 0.5) is 4.39 Å². The molecule has 0 atom stereocenters. The van der Waals surface area contributed by atoms with Crippen LogP contribution in [0.5, 0.6) is 5.75 Å². The van der Waals surface area contributed by atoms with Gasteiger partial charge in [-0.05, 0) is 80.9 Å². The van der Waals surface area contributed by atoms with E-state index in [-0.39, 0.29) is 35.5 Å². The second kappa shape index (κ2) is 8.91. The molecule has 4 aliphatic rings. The van der Waals surface area contributed by atoms with E-state index >= 15 is 0 Å². The van der Waals surface area contributed by atoms with Gasteiger partial charge in [-0.15, -0.1) is 0 Å². The third kappa shape index (κ3) is 4.24. The highest BCUT2D eigenvalue weighted by atomic mass is 19.1. The smallest absolute Gasteiger partial charge is 0.226 e. The predicted octanol–water partition coefficient (Wildman–Crippen LogP) is 4.15. The van der Waals surface area contributed by atoms with Crippen LogP contribution in [0.2, 0.25) is 0 Å². The van der Waals surface area contributed by atoms with Crippen LogP contribution in [0.3, 0.4) is 0 Å². The van der Waals surface area contributed by atoms with Crippen LogP contribution in [0.25, 0.3) is 0 Å². The average Bonchev–Trinajstić information content (AvgIpc) is 2.81. The summed E-state index contributed by atoms with van der Waals surface area (Å²) in [6.45, 7) is 0.957. The van der Waals surface area contributed by atoms with E-state index in [1.165, 1.54) is 12.0 Å². The van der Waals surface area contributed by atoms with E-state index in [0.717, 1.165) is 57.1 Å². The Morgan fingerprint density at radius 3 is 2.23 bits per heavy atom. The fourth-order valence-corrected chi connectivity index (χ4v) is 5.63. The zero-order valence-electron chi connectivity index (χ0n) is 18.6. The van der Waals surface area contributed by atoms with Crippen molar-refractivity contribution in [2.75, 3.05) is 26.8 Å². The van der Waals surface area contributed by atoms with Crippen molar-refractivity contribution in [1.82, 2.24) is 5.32 Å². The topological polar surface area (TPSA) is 73.6 Å². The lowest BCUT2D eigenvalue weighted by Gasteiger charge is -2.53. The minimum Gasteiger partial charge on any atom is -0.489 e. The van der Waals surface area contributed by atoms with Crippen LogP contribution in [-0.4, -0.2) is 38.3 Å². The fraction of sp³-hybridized carbons (Fsp3) is 0.640. The second-order valence-electron chi connectivity index (χ2n) is 9.77. The van der Waals surface area contributed by atoms with Crippen molar-refractivity contribution < 1.29 is 18.7 Å². The first-order valence-corrected chi connectivity index (χ1v) is 11.5. The van der Waals surface area contributed by atoms with Gasteiger partial charge < -0.3 is 20.5 Å². The van der Waals surface area contributed by atoms with Crippen LogP contribution in [0.1, 0.15) is 63.4 Å². The quantitative estimate of drug-likeness (QED) is 0.617. The molecule has 0 aromatic heterocycles. The monoisotopic (exact) mass is 430 g/mol. The van der Waals surface area contributed by atoms with Gasteiger partial charge in [0.1, 0.15) is 12.4 Å². The number of amides is 1. The number of hydrogen-bond acceptors (Lipinski definition) is 4. The molecule has 0 heterocycles. The van der Waals surface area contributed by atoms with E-state index in [9.17, 15) is 9.18 Å². The minimum absolute atomic E-state index is 0.131. The van der Waals surface area contributed by atoms with Gasteiger partial charge in [-0.2, -0.15) is 0 Å². The molecule has 4 saturated carbocycles. The summed E-state index contributed by atoms with van der Waals surface area (Å²) in [5.41, 5.74) is 7.05. The zero-order chi connectivity index (χ0) is 22.0. The van der Waals surface area contributed by atoms with Crippen molar-refractivity contribution in [3.05, 3.63) is 41.7 Å². The highest BCUT2D eigenvalue weighted by molar-refractivity contribution is 5.83. The summed E-state index contributed by atoms with van der Waals surface area (Å²) >= 11 is 0. The molecule has 1 aromatic rings. The molecule has 0 radical (unpaired) electrons. The molecule has 0 aliphatic heterocycles. The summed E-state index contributed by atoms with van der Waals surface area (Å²) < 4.78 is 23.9. The molecule has 1 aromatic carbocycles. The molecule has 5 nitrogen and oxygen atoms in total. The molecule has 4 fully saturated rings. The molecule has 31 heavy (non-hydrogen) atoms. The lowest BCUT2D eigenvalue weighted by molar-refractivity contribution is -0.141. The molecule has 2 bridgehead atoms. The minimum atomic E-state index is -0.208. The molecular formula is C25H35FN2O3. The van der Waals surface area contributed by atoms with Gasteiger partial charge in [0, 0.05) is 31.2 Å². The fourth-order valence-electron chi connectivity index (χ4n) is 5.63. The Labute approximate surface area is 184 Å². The average molecular weight is 431 g/mol. The Hall–Kier alpha value is -1.92. The molecule has 170 valence electrons. The van der Waals surface area contributed by atoms with Gasteiger partial charge in [-0.1, -0.05) is 12.1 Å². The number of ether oxygens (including phenoxy) is 2. The van der Waals surface area contributed by atoms with Crippen LogP contribution in [0.15, 0.2) is 36.2 Å². The van der Waals surface area contributed by atoms with Crippen LogP contribution >= 0.6 is 0 Å². The number of nitrogens with one attached hydrogen (secondary N) is 1. The Bertz CT molecular complexity index is 787. The Morgan fingerprint density at radius 2 is 1.74 bits per heavy atom.